The van der Waals surface area contributed by atoms with Gasteiger partial charge in [0, 0.05) is 52.4 Å². The molecule has 1 fully saturated rings. The third-order valence-corrected chi connectivity index (χ3v) is 5.73. The fourth-order valence-electron chi connectivity index (χ4n) is 3.91. The number of hydrogen-bond acceptors (Lipinski definition) is 3. The first-order chi connectivity index (χ1) is 13.8. The molecule has 1 aromatic carbocycles. The normalized spacial score (nSPS) is 19.6. The van der Waals surface area contributed by atoms with E-state index in [9.17, 15) is 0 Å². The second-order valence-corrected chi connectivity index (χ2v) is 7.88. The maximum absolute atomic E-state index is 4.91. The highest BCUT2D eigenvalue weighted by atomic mass is 15.3. The summed E-state index contributed by atoms with van der Waals surface area (Å²) in [6, 6.07) is 10.7. The van der Waals surface area contributed by atoms with E-state index in [1.165, 1.54) is 56.7 Å². The monoisotopic (exact) mass is 383 g/mol. The number of nitrogens with one attached hydrogen (secondary N) is 1. The van der Waals surface area contributed by atoms with Crippen molar-refractivity contribution in [3.8, 4) is 0 Å². The minimum Gasteiger partial charge on any atom is -0.357 e. The molecule has 0 spiro atoms. The molecule has 3 rings (SSSR count). The van der Waals surface area contributed by atoms with Crippen molar-refractivity contribution >= 4 is 11.5 Å². The van der Waals surface area contributed by atoms with Gasteiger partial charge in [0.1, 0.15) is 0 Å². The van der Waals surface area contributed by atoms with Gasteiger partial charge in [0.2, 0.25) is 0 Å². The van der Waals surface area contributed by atoms with Gasteiger partial charge in [0.05, 0.1) is 0 Å². The van der Waals surface area contributed by atoms with Crippen molar-refractivity contribution in [3.05, 3.63) is 42.0 Å². The van der Waals surface area contributed by atoms with Crippen LogP contribution in [0.15, 0.2) is 41.4 Å². The summed E-state index contributed by atoms with van der Waals surface area (Å²) in [5, 5.41) is 3.48. The second-order valence-electron chi connectivity index (χ2n) is 7.88. The van der Waals surface area contributed by atoms with Crippen molar-refractivity contribution in [3.63, 3.8) is 0 Å². The first kappa shape index (κ1) is 20.9. The Morgan fingerprint density at radius 1 is 1.04 bits per heavy atom. The number of likely N-dealkylation sites (N-methyl/N-ethyl adjacent to an activating group) is 1. The maximum Gasteiger partial charge on any atom is 0.194 e. The molecule has 28 heavy (non-hydrogen) atoms. The fraction of sp³-hybridized carbons (Fsp3) is 0.609. The quantitative estimate of drug-likeness (QED) is 0.446. The number of aliphatic imine (C=N–C) groups is 1. The highest BCUT2D eigenvalue weighted by molar-refractivity contribution is 5.81. The van der Waals surface area contributed by atoms with E-state index in [0.717, 1.165) is 38.6 Å². The zero-order chi connectivity index (χ0) is 19.6. The van der Waals surface area contributed by atoms with Gasteiger partial charge in [0.25, 0.3) is 0 Å². The third kappa shape index (κ3) is 6.35. The smallest absolute Gasteiger partial charge is 0.194 e. The van der Waals surface area contributed by atoms with E-state index < -0.39 is 0 Å². The molecular formula is C23H37N5. The van der Waals surface area contributed by atoms with Crippen molar-refractivity contribution in [2.45, 2.75) is 26.2 Å². The molecule has 1 N–H and O–H groups in total. The van der Waals surface area contributed by atoms with E-state index in [2.05, 4.69) is 70.4 Å². The van der Waals surface area contributed by atoms with Gasteiger partial charge in [-0.1, -0.05) is 36.4 Å². The van der Waals surface area contributed by atoms with Crippen LogP contribution in [0.2, 0.25) is 0 Å². The van der Waals surface area contributed by atoms with Crippen LogP contribution in [0.1, 0.15) is 31.7 Å². The summed E-state index contributed by atoms with van der Waals surface area (Å²) in [7, 11) is 2.22. The molecule has 2 aliphatic rings. The van der Waals surface area contributed by atoms with Crippen LogP contribution in [-0.2, 0) is 0 Å². The Hall–Kier alpha value is -1.85. The van der Waals surface area contributed by atoms with Crippen molar-refractivity contribution < 1.29 is 0 Å². The van der Waals surface area contributed by atoms with Gasteiger partial charge >= 0.3 is 0 Å². The predicted molar refractivity (Wildman–Crippen MR) is 120 cm³/mol. The molecule has 5 heteroatoms. The predicted octanol–water partition coefficient (Wildman–Crippen LogP) is 2.77. The van der Waals surface area contributed by atoms with Crippen LogP contribution in [0.3, 0.4) is 0 Å². The van der Waals surface area contributed by atoms with Crippen molar-refractivity contribution in [1.29, 1.82) is 0 Å². The van der Waals surface area contributed by atoms with Crippen LogP contribution in [-0.4, -0.2) is 86.6 Å². The van der Waals surface area contributed by atoms with Gasteiger partial charge in [0.15, 0.2) is 5.96 Å². The summed E-state index contributed by atoms with van der Waals surface area (Å²) in [6.45, 7) is 12.0. The summed E-state index contributed by atoms with van der Waals surface area (Å²) in [6.07, 6.45) is 5.85. The molecule has 0 atom stereocenters. The molecule has 154 valence electrons. The summed E-state index contributed by atoms with van der Waals surface area (Å²) >= 11 is 0. The summed E-state index contributed by atoms with van der Waals surface area (Å²) in [4.78, 5) is 12.3. The van der Waals surface area contributed by atoms with Gasteiger partial charge in [-0.2, -0.15) is 0 Å². The zero-order valence-electron chi connectivity index (χ0n) is 17.7. The molecule has 0 unspecified atom stereocenters. The molecule has 0 radical (unpaired) electrons. The number of nitrogens with zero attached hydrogens (tertiary/aromatic N) is 4. The van der Waals surface area contributed by atoms with Crippen LogP contribution in [0.5, 0.6) is 0 Å². The molecule has 5 nitrogen and oxygen atoms in total. The molecule has 0 aliphatic carbocycles. The number of hydrogen-bond donors (Lipinski definition) is 1. The van der Waals surface area contributed by atoms with E-state index in [-0.39, 0.29) is 0 Å². The first-order valence-electron chi connectivity index (χ1n) is 10.9. The molecule has 1 saturated heterocycles. The number of piperazine rings is 1. The van der Waals surface area contributed by atoms with Crippen LogP contribution in [0.25, 0.3) is 5.57 Å². The van der Waals surface area contributed by atoms with Crippen molar-refractivity contribution in [1.82, 2.24) is 20.0 Å². The largest absolute Gasteiger partial charge is 0.357 e. The third-order valence-electron chi connectivity index (χ3n) is 5.73. The molecule has 0 amide bonds. The fourth-order valence-corrected chi connectivity index (χ4v) is 3.91. The Labute approximate surface area is 171 Å². The summed E-state index contributed by atoms with van der Waals surface area (Å²) < 4.78 is 0. The van der Waals surface area contributed by atoms with Crippen molar-refractivity contribution in [2.24, 2.45) is 4.99 Å². The zero-order valence-corrected chi connectivity index (χ0v) is 17.7. The average molecular weight is 384 g/mol. The highest BCUT2D eigenvalue weighted by Crippen LogP contribution is 2.22. The number of unbranched alkanes of at least 4 members (excludes halogenated alkanes) is 1. The van der Waals surface area contributed by atoms with E-state index in [4.69, 9.17) is 4.99 Å². The minimum atomic E-state index is 0.918. The van der Waals surface area contributed by atoms with Crippen LogP contribution in [0.4, 0.5) is 0 Å². The topological polar surface area (TPSA) is 34.1 Å². The van der Waals surface area contributed by atoms with Crippen LogP contribution >= 0.6 is 0 Å². The number of rotatable bonds is 7. The Bertz CT molecular complexity index is 632. The van der Waals surface area contributed by atoms with Crippen molar-refractivity contribution in [2.75, 3.05) is 66.0 Å². The highest BCUT2D eigenvalue weighted by Gasteiger charge is 2.16. The van der Waals surface area contributed by atoms with Gasteiger partial charge in [-0.15, -0.1) is 0 Å². The second kappa shape index (κ2) is 11.2. The first-order valence-corrected chi connectivity index (χ1v) is 10.9. The lowest BCUT2D eigenvalue weighted by Crippen LogP contribution is -2.44. The molecule has 0 saturated carbocycles. The number of guanidine groups is 1. The Kier molecular flexibility index (Phi) is 8.37. The lowest BCUT2D eigenvalue weighted by atomic mass is 10.00. The van der Waals surface area contributed by atoms with E-state index in [1.54, 1.807) is 0 Å². The lowest BCUT2D eigenvalue weighted by Gasteiger charge is -2.32. The maximum atomic E-state index is 4.91. The molecule has 0 bridgehead atoms. The molecule has 0 aromatic heterocycles. The molecular weight excluding hydrogens is 346 g/mol. The standard InChI is InChI=1S/C23H37N5/c1-3-24-23(25-13-7-8-14-27-19-17-26(2)18-20-27)28-15-11-22(12-16-28)21-9-5-4-6-10-21/h4-6,9-11H,3,7-8,12-20H2,1-2H3,(H,24,25). The van der Waals surface area contributed by atoms with Gasteiger partial charge < -0.3 is 20.0 Å². The minimum absolute atomic E-state index is 0.918. The SMILES string of the molecule is CCNC(=NCCCCN1CCN(C)CC1)N1CC=C(c2ccccc2)CC1. The summed E-state index contributed by atoms with van der Waals surface area (Å²) in [5.74, 6) is 1.07. The Morgan fingerprint density at radius 2 is 1.82 bits per heavy atom. The average Bonchev–Trinajstić information content (AvgIpc) is 2.75. The Morgan fingerprint density at radius 3 is 2.50 bits per heavy atom. The Balaban J connectivity index is 1.43. The summed E-state index contributed by atoms with van der Waals surface area (Å²) in [5.41, 5.74) is 2.81. The van der Waals surface area contributed by atoms with Gasteiger partial charge in [-0.25, -0.2) is 0 Å². The molecule has 2 heterocycles. The molecule has 2 aliphatic heterocycles. The van der Waals surface area contributed by atoms with Crippen LogP contribution in [0, 0.1) is 0 Å². The van der Waals surface area contributed by atoms with Gasteiger partial charge in [-0.05, 0) is 50.9 Å². The number of benzene rings is 1. The van der Waals surface area contributed by atoms with Gasteiger partial charge in [-0.3, -0.25) is 4.99 Å². The van der Waals surface area contributed by atoms with E-state index in [0.29, 0.717) is 0 Å². The lowest BCUT2D eigenvalue weighted by molar-refractivity contribution is 0.152. The van der Waals surface area contributed by atoms with E-state index >= 15 is 0 Å². The molecule has 1 aromatic rings. The van der Waals surface area contributed by atoms with Crippen LogP contribution < -0.4 is 5.32 Å². The van der Waals surface area contributed by atoms with E-state index in [1.807, 2.05) is 0 Å².